The Labute approximate surface area is 89.0 Å². The van der Waals surface area contributed by atoms with Crippen molar-refractivity contribution < 1.29 is 0 Å². The molecule has 0 aromatic rings. The summed E-state index contributed by atoms with van der Waals surface area (Å²) in [5, 5.41) is 4.77. The van der Waals surface area contributed by atoms with Gasteiger partial charge in [-0.15, -0.1) is 0 Å². The van der Waals surface area contributed by atoms with Gasteiger partial charge in [0.1, 0.15) is 5.84 Å². The fourth-order valence-corrected chi connectivity index (χ4v) is 1.27. The fourth-order valence-electron chi connectivity index (χ4n) is 1.08. The van der Waals surface area contributed by atoms with Gasteiger partial charge in [-0.05, 0) is 25.4 Å². The number of hydrogen-bond acceptors (Lipinski definition) is 5. The summed E-state index contributed by atoms with van der Waals surface area (Å²) >= 11 is 5.85. The summed E-state index contributed by atoms with van der Waals surface area (Å²) in [5.41, 5.74) is 0. The summed E-state index contributed by atoms with van der Waals surface area (Å²) < 4.78 is 0. The number of aliphatic imine (C=N–C) groups is 2. The van der Waals surface area contributed by atoms with Crippen molar-refractivity contribution in [2.45, 2.75) is 39.5 Å². The van der Waals surface area contributed by atoms with Crippen molar-refractivity contribution in [3.05, 3.63) is 0 Å². The number of nitrogens with zero attached hydrogens (tertiary/aromatic N) is 3. The summed E-state index contributed by atoms with van der Waals surface area (Å²) in [6.45, 7) is 6.02. The van der Waals surface area contributed by atoms with E-state index in [0.717, 1.165) is 12.3 Å². The van der Waals surface area contributed by atoms with Crippen LogP contribution in [-0.2, 0) is 0 Å². The molecule has 80 valence electrons. The third kappa shape index (κ3) is 2.67. The lowest BCUT2D eigenvalue weighted by Crippen LogP contribution is -2.54. The van der Waals surface area contributed by atoms with E-state index in [4.69, 9.17) is 17.4 Å². The second-order valence-electron chi connectivity index (χ2n) is 3.38. The Balaban J connectivity index is 2.76. The topological polar surface area (TPSA) is 66.0 Å². The monoisotopic (exact) mass is 217 g/mol. The highest BCUT2D eigenvalue weighted by atomic mass is 35.5. The predicted molar refractivity (Wildman–Crippen MR) is 59.1 cm³/mol. The van der Waals surface area contributed by atoms with E-state index in [2.05, 4.69) is 15.3 Å². The van der Waals surface area contributed by atoms with Gasteiger partial charge >= 0.3 is 0 Å². The van der Waals surface area contributed by atoms with Crippen LogP contribution >= 0.6 is 11.6 Å². The van der Waals surface area contributed by atoms with Crippen LogP contribution in [0, 0.1) is 0 Å². The minimum absolute atomic E-state index is 0.273. The molecule has 1 aliphatic rings. The van der Waals surface area contributed by atoms with Gasteiger partial charge in [0, 0.05) is 12.5 Å². The Kier molecular flexibility index (Phi) is 3.86. The lowest BCUT2D eigenvalue weighted by Gasteiger charge is -2.29. The molecule has 0 fully saturated rings. The number of hydrogen-bond donors (Lipinski definition) is 2. The normalized spacial score (nSPS) is 22.4. The van der Waals surface area contributed by atoms with Crippen LogP contribution in [0.1, 0.15) is 27.2 Å². The molecule has 14 heavy (non-hydrogen) atoms. The van der Waals surface area contributed by atoms with Crippen LogP contribution in [0.25, 0.3) is 0 Å². The molecule has 1 unspecified atom stereocenters. The average molecular weight is 218 g/mol. The standard InChI is InChI=1S/C8H16ClN5/c1-4-6-12-7(9)14(10)8(13-6)11-5(2)3/h5,8,11H,4,10H2,1-3H3. The molecule has 0 aliphatic carbocycles. The average Bonchev–Trinajstić information content (AvgIpc) is 2.11. The van der Waals surface area contributed by atoms with Gasteiger partial charge in [0.05, 0.1) is 0 Å². The highest BCUT2D eigenvalue weighted by molar-refractivity contribution is 6.65. The molecule has 0 saturated heterocycles. The molecular formula is C8H16ClN5. The largest absolute Gasteiger partial charge is 0.275 e. The lowest BCUT2D eigenvalue weighted by atomic mass is 10.4. The number of nitrogens with one attached hydrogen (secondary N) is 1. The van der Waals surface area contributed by atoms with E-state index in [1.807, 2.05) is 20.8 Å². The van der Waals surface area contributed by atoms with E-state index in [-0.39, 0.29) is 17.6 Å². The van der Waals surface area contributed by atoms with Gasteiger partial charge in [-0.2, -0.15) is 0 Å². The Morgan fingerprint density at radius 2 is 2.29 bits per heavy atom. The smallest absolute Gasteiger partial charge is 0.217 e. The van der Waals surface area contributed by atoms with Gasteiger partial charge in [0.15, 0.2) is 6.29 Å². The molecular weight excluding hydrogens is 202 g/mol. The van der Waals surface area contributed by atoms with Crippen molar-refractivity contribution >= 4 is 22.7 Å². The van der Waals surface area contributed by atoms with Gasteiger partial charge < -0.3 is 0 Å². The molecule has 3 N–H and O–H groups in total. The van der Waals surface area contributed by atoms with Crippen molar-refractivity contribution in [2.24, 2.45) is 15.8 Å². The van der Waals surface area contributed by atoms with E-state index in [9.17, 15) is 0 Å². The Morgan fingerprint density at radius 1 is 1.64 bits per heavy atom. The third-order valence-corrected chi connectivity index (χ3v) is 2.05. The molecule has 0 spiro atoms. The van der Waals surface area contributed by atoms with Crippen molar-refractivity contribution in [3.63, 3.8) is 0 Å². The summed E-state index contributed by atoms with van der Waals surface area (Å²) in [7, 11) is 0. The van der Waals surface area contributed by atoms with Crippen molar-refractivity contribution in [1.29, 1.82) is 0 Å². The highest BCUT2D eigenvalue weighted by Gasteiger charge is 2.22. The van der Waals surface area contributed by atoms with Crippen molar-refractivity contribution in [2.75, 3.05) is 0 Å². The number of rotatable bonds is 3. The first-order chi connectivity index (χ1) is 6.54. The van der Waals surface area contributed by atoms with Crippen LogP contribution in [0.3, 0.4) is 0 Å². The molecule has 1 atom stereocenters. The molecule has 1 aliphatic heterocycles. The summed E-state index contributed by atoms with van der Waals surface area (Å²) in [6, 6.07) is 0.287. The van der Waals surface area contributed by atoms with E-state index in [1.54, 1.807) is 0 Å². The second-order valence-corrected chi connectivity index (χ2v) is 3.72. The van der Waals surface area contributed by atoms with Crippen molar-refractivity contribution in [3.8, 4) is 0 Å². The van der Waals surface area contributed by atoms with Gasteiger partial charge in [-0.3, -0.25) is 5.32 Å². The Morgan fingerprint density at radius 3 is 2.79 bits per heavy atom. The van der Waals surface area contributed by atoms with Crippen LogP contribution in [0.2, 0.25) is 0 Å². The maximum atomic E-state index is 5.85. The van der Waals surface area contributed by atoms with E-state index < -0.39 is 0 Å². The number of hydrazine groups is 1. The number of nitrogens with two attached hydrogens (primary N) is 1. The molecule has 0 saturated carbocycles. The number of halogens is 1. The lowest BCUT2D eigenvalue weighted by molar-refractivity contribution is 0.261. The Bertz CT molecular complexity index is 260. The first-order valence-electron chi connectivity index (χ1n) is 4.65. The first kappa shape index (κ1) is 11.4. The second kappa shape index (κ2) is 4.72. The van der Waals surface area contributed by atoms with Crippen LogP contribution in [0.4, 0.5) is 0 Å². The fraction of sp³-hybridized carbons (Fsp3) is 0.750. The van der Waals surface area contributed by atoms with Gasteiger partial charge in [0.25, 0.3) is 0 Å². The molecule has 1 heterocycles. The first-order valence-corrected chi connectivity index (χ1v) is 5.03. The summed E-state index contributed by atoms with van der Waals surface area (Å²) in [5.74, 6) is 6.41. The molecule has 5 nitrogen and oxygen atoms in total. The Hall–Kier alpha value is -0.650. The van der Waals surface area contributed by atoms with Crippen LogP contribution in [0.5, 0.6) is 0 Å². The van der Waals surface area contributed by atoms with Crippen molar-refractivity contribution in [1.82, 2.24) is 10.3 Å². The SMILES string of the molecule is CCC1=NC(NC(C)C)N(N)C(Cl)=N1. The van der Waals surface area contributed by atoms with E-state index in [1.165, 1.54) is 5.01 Å². The minimum Gasteiger partial charge on any atom is -0.275 e. The highest BCUT2D eigenvalue weighted by Crippen LogP contribution is 2.08. The maximum absolute atomic E-state index is 5.85. The minimum atomic E-state index is -0.310. The zero-order chi connectivity index (χ0) is 10.7. The van der Waals surface area contributed by atoms with E-state index >= 15 is 0 Å². The quantitative estimate of drug-likeness (QED) is 0.545. The molecule has 0 bridgehead atoms. The van der Waals surface area contributed by atoms with E-state index in [0.29, 0.717) is 0 Å². The molecule has 0 amide bonds. The van der Waals surface area contributed by atoms with Gasteiger partial charge in [-0.25, -0.2) is 20.8 Å². The number of amidine groups is 2. The third-order valence-electron chi connectivity index (χ3n) is 1.77. The predicted octanol–water partition coefficient (Wildman–Crippen LogP) is 0.861. The van der Waals surface area contributed by atoms with Gasteiger partial charge in [-0.1, -0.05) is 6.92 Å². The van der Waals surface area contributed by atoms with Crippen LogP contribution in [-0.4, -0.2) is 28.5 Å². The molecule has 0 aromatic carbocycles. The molecule has 1 rings (SSSR count). The summed E-state index contributed by atoms with van der Waals surface area (Å²) in [4.78, 5) is 8.34. The van der Waals surface area contributed by atoms with Crippen LogP contribution in [0.15, 0.2) is 9.98 Å². The zero-order valence-electron chi connectivity index (χ0n) is 8.66. The molecule has 6 heteroatoms. The molecule has 0 radical (unpaired) electrons. The van der Waals surface area contributed by atoms with Crippen LogP contribution < -0.4 is 11.2 Å². The zero-order valence-corrected chi connectivity index (χ0v) is 9.41. The molecule has 0 aromatic heterocycles. The maximum Gasteiger partial charge on any atom is 0.217 e. The van der Waals surface area contributed by atoms with Gasteiger partial charge in [0.2, 0.25) is 5.29 Å². The summed E-state index contributed by atoms with van der Waals surface area (Å²) in [6.07, 6.45) is 0.440.